The van der Waals surface area contributed by atoms with E-state index in [4.69, 9.17) is 0 Å². The third-order valence-corrected chi connectivity index (χ3v) is 5.29. The first-order valence-corrected chi connectivity index (χ1v) is 8.51. The molecule has 1 N–H and O–H groups in total. The maximum absolute atomic E-state index is 13.0. The van der Waals surface area contributed by atoms with Gasteiger partial charge in [-0.05, 0) is 39.9 Å². The Bertz CT molecular complexity index is 426. The van der Waals surface area contributed by atoms with Crippen LogP contribution in [0.4, 0.5) is 0 Å². The Balaban J connectivity index is 1.62. The highest BCUT2D eigenvalue weighted by atomic mass is 16.2. The van der Waals surface area contributed by atoms with Crippen molar-refractivity contribution in [1.82, 2.24) is 20.0 Å². The average molecular weight is 308 g/mol. The van der Waals surface area contributed by atoms with Gasteiger partial charge in [0, 0.05) is 44.7 Å². The number of carbonyl (C=O) groups is 2. The first-order valence-electron chi connectivity index (χ1n) is 8.51. The number of carbonyl (C=O) groups excluding carboxylic acids is 2. The third kappa shape index (κ3) is 3.13. The lowest BCUT2D eigenvalue weighted by molar-refractivity contribution is -0.138. The summed E-state index contributed by atoms with van der Waals surface area (Å²) in [4.78, 5) is 31.2. The van der Waals surface area contributed by atoms with E-state index in [0.29, 0.717) is 25.0 Å². The molecule has 3 saturated heterocycles. The van der Waals surface area contributed by atoms with Crippen LogP contribution >= 0.6 is 0 Å². The zero-order valence-electron chi connectivity index (χ0n) is 13.8. The van der Waals surface area contributed by atoms with E-state index in [0.717, 1.165) is 45.4 Å². The molecule has 3 rings (SSSR count). The second-order valence-corrected chi connectivity index (χ2v) is 7.17. The molecule has 2 amide bonds. The van der Waals surface area contributed by atoms with Gasteiger partial charge in [0.1, 0.15) is 0 Å². The maximum Gasteiger partial charge on any atom is 0.228 e. The molecule has 2 bridgehead atoms. The SMILES string of the molecule is CN(C)CCN1CC(C(=O)N2C3CCNCC2CC3)CC1=O. The van der Waals surface area contributed by atoms with Crippen LogP contribution in [-0.2, 0) is 9.59 Å². The van der Waals surface area contributed by atoms with Crippen molar-refractivity contribution in [3.63, 3.8) is 0 Å². The van der Waals surface area contributed by atoms with E-state index in [9.17, 15) is 9.59 Å². The number of rotatable bonds is 4. The summed E-state index contributed by atoms with van der Waals surface area (Å²) in [6.07, 6.45) is 3.68. The highest BCUT2D eigenvalue weighted by Crippen LogP contribution is 2.31. The van der Waals surface area contributed by atoms with Gasteiger partial charge >= 0.3 is 0 Å². The Morgan fingerprint density at radius 1 is 1.27 bits per heavy atom. The molecule has 6 nitrogen and oxygen atoms in total. The van der Waals surface area contributed by atoms with Gasteiger partial charge in [-0.2, -0.15) is 0 Å². The molecule has 0 radical (unpaired) electrons. The minimum absolute atomic E-state index is 0.129. The molecule has 3 fully saturated rings. The topological polar surface area (TPSA) is 55.9 Å². The van der Waals surface area contributed by atoms with Crippen LogP contribution in [0.5, 0.6) is 0 Å². The van der Waals surface area contributed by atoms with Crippen molar-refractivity contribution in [3.05, 3.63) is 0 Å². The molecule has 0 aromatic rings. The number of likely N-dealkylation sites (tertiary alicyclic amines) is 1. The Kier molecular flexibility index (Phi) is 4.68. The first-order chi connectivity index (χ1) is 10.6. The summed E-state index contributed by atoms with van der Waals surface area (Å²) in [5, 5.41) is 3.43. The normalized spacial score (nSPS) is 32.0. The molecule has 124 valence electrons. The third-order valence-electron chi connectivity index (χ3n) is 5.29. The molecule has 3 aliphatic heterocycles. The van der Waals surface area contributed by atoms with Crippen molar-refractivity contribution in [2.75, 3.05) is 46.8 Å². The van der Waals surface area contributed by atoms with Crippen LogP contribution in [0.25, 0.3) is 0 Å². The predicted molar refractivity (Wildman–Crippen MR) is 84.4 cm³/mol. The van der Waals surface area contributed by atoms with Gasteiger partial charge in [0.2, 0.25) is 11.8 Å². The number of hydrogen-bond donors (Lipinski definition) is 1. The Morgan fingerprint density at radius 2 is 2.05 bits per heavy atom. The summed E-state index contributed by atoms with van der Waals surface area (Å²) in [7, 11) is 4.01. The van der Waals surface area contributed by atoms with Gasteiger partial charge in [-0.1, -0.05) is 0 Å². The van der Waals surface area contributed by atoms with Crippen LogP contribution in [0, 0.1) is 5.92 Å². The Hall–Kier alpha value is -1.14. The van der Waals surface area contributed by atoms with Crippen molar-refractivity contribution in [1.29, 1.82) is 0 Å². The van der Waals surface area contributed by atoms with E-state index in [1.54, 1.807) is 0 Å². The summed E-state index contributed by atoms with van der Waals surface area (Å²) in [5.74, 6) is 0.230. The lowest BCUT2D eigenvalue weighted by Gasteiger charge is -2.30. The smallest absolute Gasteiger partial charge is 0.228 e. The van der Waals surface area contributed by atoms with Gasteiger partial charge in [-0.25, -0.2) is 0 Å². The molecule has 22 heavy (non-hydrogen) atoms. The predicted octanol–water partition coefficient (Wildman–Crippen LogP) is -0.251. The molecule has 0 aromatic carbocycles. The van der Waals surface area contributed by atoms with Crippen LogP contribution in [0.3, 0.4) is 0 Å². The van der Waals surface area contributed by atoms with E-state index >= 15 is 0 Å². The Morgan fingerprint density at radius 3 is 2.82 bits per heavy atom. The largest absolute Gasteiger partial charge is 0.341 e. The quantitative estimate of drug-likeness (QED) is 0.778. The summed E-state index contributed by atoms with van der Waals surface area (Å²) < 4.78 is 0. The second kappa shape index (κ2) is 6.54. The van der Waals surface area contributed by atoms with Gasteiger partial charge < -0.3 is 20.0 Å². The fourth-order valence-electron chi connectivity index (χ4n) is 4.03. The van der Waals surface area contributed by atoms with Gasteiger partial charge in [0.05, 0.1) is 5.92 Å². The standard InChI is InChI=1S/C16H28N4O2/c1-18(2)7-8-19-11-12(9-15(19)21)16(22)20-13-3-4-14(20)10-17-6-5-13/h12-14,17H,3-11H2,1-2H3. The number of nitrogens with zero attached hydrogens (tertiary/aromatic N) is 3. The van der Waals surface area contributed by atoms with E-state index < -0.39 is 0 Å². The zero-order valence-corrected chi connectivity index (χ0v) is 13.8. The molecule has 3 atom stereocenters. The van der Waals surface area contributed by atoms with Crippen molar-refractivity contribution in [3.8, 4) is 0 Å². The molecule has 0 spiro atoms. The summed E-state index contributed by atoms with van der Waals surface area (Å²) in [6.45, 7) is 4.10. The highest BCUT2D eigenvalue weighted by molar-refractivity contribution is 5.89. The average Bonchev–Trinajstić information content (AvgIpc) is 2.95. The van der Waals surface area contributed by atoms with Crippen LogP contribution in [0.15, 0.2) is 0 Å². The van der Waals surface area contributed by atoms with Crippen molar-refractivity contribution in [2.45, 2.75) is 37.8 Å². The second-order valence-electron chi connectivity index (χ2n) is 7.17. The molecule has 3 unspecified atom stereocenters. The van der Waals surface area contributed by atoms with Gasteiger partial charge in [0.15, 0.2) is 0 Å². The first kappa shape index (κ1) is 15.7. The van der Waals surface area contributed by atoms with E-state index in [-0.39, 0.29) is 17.7 Å². The molecule has 3 heterocycles. The number of likely N-dealkylation sites (N-methyl/N-ethyl adjacent to an activating group) is 1. The van der Waals surface area contributed by atoms with Crippen LogP contribution in [-0.4, -0.2) is 85.4 Å². The van der Waals surface area contributed by atoms with Crippen molar-refractivity contribution < 1.29 is 9.59 Å². The summed E-state index contributed by atoms with van der Waals surface area (Å²) in [6, 6.07) is 0.726. The number of amides is 2. The molecule has 3 aliphatic rings. The van der Waals surface area contributed by atoms with Gasteiger partial charge in [-0.15, -0.1) is 0 Å². The van der Waals surface area contributed by atoms with E-state index in [2.05, 4.69) is 15.1 Å². The zero-order chi connectivity index (χ0) is 15.7. The maximum atomic E-state index is 13.0. The van der Waals surface area contributed by atoms with Crippen molar-refractivity contribution in [2.24, 2.45) is 5.92 Å². The monoisotopic (exact) mass is 308 g/mol. The molecule has 0 saturated carbocycles. The lowest BCUT2D eigenvalue weighted by Crippen LogP contribution is -2.46. The molecular formula is C16H28N4O2. The molecular weight excluding hydrogens is 280 g/mol. The van der Waals surface area contributed by atoms with Crippen LogP contribution in [0.2, 0.25) is 0 Å². The highest BCUT2D eigenvalue weighted by Gasteiger charge is 2.43. The molecule has 0 aliphatic carbocycles. The Labute approximate surface area is 132 Å². The van der Waals surface area contributed by atoms with E-state index in [1.807, 2.05) is 19.0 Å². The minimum atomic E-state index is -0.129. The fourth-order valence-corrected chi connectivity index (χ4v) is 4.03. The number of fused-ring (bicyclic) bond motifs is 2. The number of hydrogen-bond acceptors (Lipinski definition) is 4. The summed E-state index contributed by atoms with van der Waals surface area (Å²) >= 11 is 0. The van der Waals surface area contributed by atoms with Crippen LogP contribution < -0.4 is 5.32 Å². The molecule has 0 aromatic heterocycles. The van der Waals surface area contributed by atoms with Crippen molar-refractivity contribution >= 4 is 11.8 Å². The number of nitrogens with one attached hydrogen (secondary N) is 1. The lowest BCUT2D eigenvalue weighted by atomic mass is 10.1. The molecule has 6 heteroatoms. The van der Waals surface area contributed by atoms with Crippen LogP contribution in [0.1, 0.15) is 25.7 Å². The minimum Gasteiger partial charge on any atom is -0.341 e. The van der Waals surface area contributed by atoms with Gasteiger partial charge in [0.25, 0.3) is 0 Å². The van der Waals surface area contributed by atoms with Gasteiger partial charge in [-0.3, -0.25) is 9.59 Å². The fraction of sp³-hybridized carbons (Fsp3) is 0.875. The summed E-state index contributed by atoms with van der Waals surface area (Å²) in [5.41, 5.74) is 0. The van der Waals surface area contributed by atoms with E-state index in [1.165, 1.54) is 0 Å².